The predicted octanol–water partition coefficient (Wildman–Crippen LogP) is 4.93. The minimum absolute atomic E-state index is 0.666. The number of rotatable bonds is 5. The van der Waals surface area contributed by atoms with Crippen molar-refractivity contribution in [2.45, 2.75) is 39.9 Å². The average Bonchev–Trinajstić information content (AvgIpc) is 2.24. The van der Waals surface area contributed by atoms with E-state index in [0.29, 0.717) is 5.92 Å². The van der Waals surface area contributed by atoms with Crippen LogP contribution >= 0.6 is 0 Å². The van der Waals surface area contributed by atoms with Gasteiger partial charge in [0.2, 0.25) is 8.32 Å². The molecule has 1 aromatic carbocycles. The molecule has 0 bridgehead atoms. The molecule has 0 fully saturated rings. The minimum Gasteiger partial charge on any atom is -0.544 e. The second-order valence-electron chi connectivity index (χ2n) is 5.78. The standard InChI is InChI=1S/C15H24OSi/c1-13(2)11-12-15(16-17(3,4)5)14-9-7-6-8-10-14/h6-10,12-13H,11H2,1-5H3/b15-12-. The van der Waals surface area contributed by atoms with Crippen molar-refractivity contribution in [3.63, 3.8) is 0 Å². The summed E-state index contributed by atoms with van der Waals surface area (Å²) in [4.78, 5) is 0. The summed E-state index contributed by atoms with van der Waals surface area (Å²) in [7, 11) is -1.54. The molecule has 0 saturated heterocycles. The zero-order valence-corrected chi connectivity index (χ0v) is 12.7. The van der Waals surface area contributed by atoms with Crippen LogP contribution in [0.1, 0.15) is 25.8 Å². The number of hydrogen-bond donors (Lipinski definition) is 0. The predicted molar refractivity (Wildman–Crippen MR) is 78.3 cm³/mol. The van der Waals surface area contributed by atoms with Gasteiger partial charge in [-0.05, 0) is 38.1 Å². The summed E-state index contributed by atoms with van der Waals surface area (Å²) < 4.78 is 6.17. The van der Waals surface area contributed by atoms with Gasteiger partial charge in [-0.25, -0.2) is 0 Å². The molecule has 1 nitrogen and oxygen atoms in total. The van der Waals surface area contributed by atoms with E-state index in [1.54, 1.807) is 0 Å². The third-order valence-electron chi connectivity index (χ3n) is 2.25. The normalized spacial score (nSPS) is 12.9. The Labute approximate surface area is 107 Å². The Morgan fingerprint density at radius 3 is 2.24 bits per heavy atom. The Morgan fingerprint density at radius 1 is 1.18 bits per heavy atom. The lowest BCUT2D eigenvalue weighted by molar-refractivity contribution is 0.508. The van der Waals surface area contributed by atoms with Gasteiger partial charge in [-0.2, -0.15) is 0 Å². The lowest BCUT2D eigenvalue weighted by Crippen LogP contribution is -2.24. The number of allylic oxidation sites excluding steroid dienone is 1. The fraction of sp³-hybridized carbons (Fsp3) is 0.467. The molecule has 0 spiro atoms. The number of hydrogen-bond acceptors (Lipinski definition) is 1. The highest BCUT2D eigenvalue weighted by molar-refractivity contribution is 6.70. The van der Waals surface area contributed by atoms with Crippen LogP contribution in [0.2, 0.25) is 19.6 Å². The fourth-order valence-electron chi connectivity index (χ4n) is 1.49. The van der Waals surface area contributed by atoms with Crippen molar-refractivity contribution >= 4 is 14.1 Å². The second-order valence-corrected chi connectivity index (χ2v) is 10.2. The summed E-state index contributed by atoms with van der Waals surface area (Å²) >= 11 is 0. The van der Waals surface area contributed by atoms with Crippen LogP contribution in [0.25, 0.3) is 5.76 Å². The third-order valence-corrected chi connectivity index (χ3v) is 3.08. The van der Waals surface area contributed by atoms with Gasteiger partial charge in [0.25, 0.3) is 0 Å². The maximum atomic E-state index is 6.17. The largest absolute Gasteiger partial charge is 0.544 e. The third kappa shape index (κ3) is 5.73. The first kappa shape index (κ1) is 14.0. The Hall–Kier alpha value is -1.02. The van der Waals surface area contributed by atoms with Gasteiger partial charge in [-0.1, -0.05) is 44.2 Å². The molecule has 94 valence electrons. The van der Waals surface area contributed by atoms with E-state index in [4.69, 9.17) is 4.43 Å². The molecule has 0 N–H and O–H groups in total. The van der Waals surface area contributed by atoms with Crippen LogP contribution in [0.15, 0.2) is 36.4 Å². The van der Waals surface area contributed by atoms with Gasteiger partial charge in [-0.15, -0.1) is 0 Å². The van der Waals surface area contributed by atoms with Crippen LogP contribution in [0, 0.1) is 5.92 Å². The van der Waals surface area contributed by atoms with Crippen LogP contribution < -0.4 is 0 Å². The summed E-state index contributed by atoms with van der Waals surface area (Å²) in [6.07, 6.45) is 3.30. The van der Waals surface area contributed by atoms with Crippen molar-refractivity contribution in [1.82, 2.24) is 0 Å². The van der Waals surface area contributed by atoms with Gasteiger partial charge in [0, 0.05) is 5.56 Å². The molecule has 0 aromatic heterocycles. The van der Waals surface area contributed by atoms with Crippen molar-refractivity contribution in [3.8, 4) is 0 Å². The van der Waals surface area contributed by atoms with Crippen LogP contribution in [0.3, 0.4) is 0 Å². The molecule has 0 saturated carbocycles. The molecule has 0 aliphatic carbocycles. The quantitative estimate of drug-likeness (QED) is 0.530. The Balaban J connectivity index is 2.91. The van der Waals surface area contributed by atoms with Crippen molar-refractivity contribution < 1.29 is 4.43 Å². The summed E-state index contributed by atoms with van der Waals surface area (Å²) in [5.74, 6) is 1.72. The zero-order valence-electron chi connectivity index (χ0n) is 11.7. The first-order valence-electron chi connectivity index (χ1n) is 6.33. The van der Waals surface area contributed by atoms with Gasteiger partial charge in [-0.3, -0.25) is 0 Å². The van der Waals surface area contributed by atoms with E-state index >= 15 is 0 Å². The Kier molecular flexibility index (Phi) is 5.00. The summed E-state index contributed by atoms with van der Waals surface area (Å²) in [5, 5.41) is 0. The average molecular weight is 248 g/mol. The van der Waals surface area contributed by atoms with Gasteiger partial charge in [0.05, 0.1) is 0 Å². The summed E-state index contributed by atoms with van der Waals surface area (Å²) in [6, 6.07) is 10.4. The second kappa shape index (κ2) is 6.06. The highest BCUT2D eigenvalue weighted by Gasteiger charge is 2.18. The van der Waals surface area contributed by atoms with Crippen molar-refractivity contribution in [3.05, 3.63) is 42.0 Å². The van der Waals surface area contributed by atoms with Gasteiger partial charge in [0.15, 0.2) is 0 Å². The Morgan fingerprint density at radius 2 is 1.76 bits per heavy atom. The first-order chi connectivity index (χ1) is 7.88. The van der Waals surface area contributed by atoms with E-state index in [1.165, 1.54) is 5.56 Å². The SMILES string of the molecule is CC(C)C/C=C(\O[Si](C)(C)C)c1ccccc1. The monoisotopic (exact) mass is 248 g/mol. The van der Waals surface area contributed by atoms with Crippen molar-refractivity contribution in [2.24, 2.45) is 5.92 Å². The summed E-state index contributed by atoms with van der Waals surface area (Å²) in [6.45, 7) is 11.1. The maximum Gasteiger partial charge on any atom is 0.242 e. The fourth-order valence-corrected chi connectivity index (χ4v) is 2.35. The molecule has 0 heterocycles. The van der Waals surface area contributed by atoms with Gasteiger partial charge >= 0.3 is 0 Å². The van der Waals surface area contributed by atoms with E-state index in [0.717, 1.165) is 12.2 Å². The molecule has 0 atom stereocenters. The molecule has 0 aliphatic rings. The molecular weight excluding hydrogens is 224 g/mol. The zero-order chi connectivity index (χ0) is 12.9. The number of benzene rings is 1. The van der Waals surface area contributed by atoms with Crippen LogP contribution in [0.5, 0.6) is 0 Å². The lowest BCUT2D eigenvalue weighted by atomic mass is 10.1. The smallest absolute Gasteiger partial charge is 0.242 e. The van der Waals surface area contributed by atoms with E-state index in [1.807, 2.05) is 6.07 Å². The van der Waals surface area contributed by atoms with Crippen molar-refractivity contribution in [1.29, 1.82) is 0 Å². The lowest BCUT2D eigenvalue weighted by Gasteiger charge is -2.22. The molecule has 0 amide bonds. The van der Waals surface area contributed by atoms with E-state index in [-0.39, 0.29) is 0 Å². The highest BCUT2D eigenvalue weighted by atomic mass is 28.4. The molecule has 0 unspecified atom stereocenters. The van der Waals surface area contributed by atoms with Gasteiger partial charge < -0.3 is 4.43 Å². The molecule has 2 heteroatoms. The molecule has 17 heavy (non-hydrogen) atoms. The summed E-state index contributed by atoms with van der Waals surface area (Å²) in [5.41, 5.74) is 1.19. The topological polar surface area (TPSA) is 9.23 Å². The molecular formula is C15H24OSi. The first-order valence-corrected chi connectivity index (χ1v) is 9.74. The maximum absolute atomic E-state index is 6.17. The molecule has 0 radical (unpaired) electrons. The van der Waals surface area contributed by atoms with Crippen LogP contribution in [-0.2, 0) is 4.43 Å². The van der Waals surface area contributed by atoms with Crippen LogP contribution in [-0.4, -0.2) is 8.32 Å². The van der Waals surface area contributed by atoms with Gasteiger partial charge in [0.1, 0.15) is 5.76 Å². The van der Waals surface area contributed by atoms with Crippen molar-refractivity contribution in [2.75, 3.05) is 0 Å². The molecule has 1 rings (SSSR count). The van der Waals surface area contributed by atoms with Crippen LogP contribution in [0.4, 0.5) is 0 Å². The van der Waals surface area contributed by atoms with E-state index in [9.17, 15) is 0 Å². The highest BCUT2D eigenvalue weighted by Crippen LogP contribution is 2.22. The van der Waals surface area contributed by atoms with E-state index < -0.39 is 8.32 Å². The molecule has 1 aromatic rings. The Bertz CT molecular complexity index is 360. The minimum atomic E-state index is -1.54. The molecule has 0 aliphatic heterocycles. The van der Waals surface area contributed by atoms with E-state index in [2.05, 4.69) is 63.8 Å².